The van der Waals surface area contributed by atoms with E-state index in [1.54, 1.807) is 18.6 Å². The number of carbonyl (C=O) groups is 1. The van der Waals surface area contributed by atoms with Gasteiger partial charge >= 0.3 is 0 Å². The highest BCUT2D eigenvalue weighted by Crippen LogP contribution is 2.18. The molecule has 110 valence electrons. The second-order valence-electron chi connectivity index (χ2n) is 4.53. The van der Waals surface area contributed by atoms with Gasteiger partial charge in [0.25, 0.3) is 0 Å². The number of allylic oxidation sites excluding steroid dienone is 1. The van der Waals surface area contributed by atoms with Crippen molar-refractivity contribution in [2.75, 3.05) is 0 Å². The van der Waals surface area contributed by atoms with Gasteiger partial charge in [0.2, 0.25) is 5.78 Å². The zero-order valence-corrected chi connectivity index (χ0v) is 11.4. The zero-order chi connectivity index (χ0) is 15.4. The Bertz CT molecular complexity index is 792. The molecule has 8 nitrogen and oxygen atoms in total. The Morgan fingerprint density at radius 2 is 2.05 bits per heavy atom. The number of ketones is 1. The third kappa shape index (κ3) is 2.90. The maximum atomic E-state index is 11.9. The lowest BCUT2D eigenvalue weighted by Gasteiger charge is -2.02. The van der Waals surface area contributed by atoms with E-state index in [9.17, 15) is 9.90 Å². The predicted octanol–water partition coefficient (Wildman–Crippen LogP) is 1.30. The van der Waals surface area contributed by atoms with E-state index >= 15 is 0 Å². The van der Waals surface area contributed by atoms with Crippen LogP contribution in [0.4, 0.5) is 0 Å². The molecule has 3 aromatic rings. The highest BCUT2D eigenvalue weighted by Gasteiger charge is 2.13. The molecule has 0 fully saturated rings. The molecule has 8 heteroatoms. The van der Waals surface area contributed by atoms with Crippen molar-refractivity contribution >= 4 is 11.5 Å². The number of rotatable bonds is 5. The highest BCUT2D eigenvalue weighted by molar-refractivity contribution is 6.05. The number of aliphatic hydroxyl groups is 1. The number of aromatic nitrogens is 6. The topological polar surface area (TPSA) is 120 Å². The van der Waals surface area contributed by atoms with Gasteiger partial charge in [-0.15, -0.1) is 0 Å². The molecule has 22 heavy (non-hydrogen) atoms. The number of carbonyl (C=O) groups excluding carboxylic acids is 1. The monoisotopic (exact) mass is 296 g/mol. The van der Waals surface area contributed by atoms with Gasteiger partial charge in [-0.05, 0) is 17.7 Å². The van der Waals surface area contributed by atoms with Crippen molar-refractivity contribution in [2.24, 2.45) is 0 Å². The van der Waals surface area contributed by atoms with Crippen LogP contribution >= 0.6 is 0 Å². The van der Waals surface area contributed by atoms with Crippen molar-refractivity contribution in [3.8, 4) is 0 Å². The van der Waals surface area contributed by atoms with Crippen LogP contribution in [0.25, 0.3) is 5.76 Å². The first-order valence-corrected chi connectivity index (χ1v) is 6.46. The van der Waals surface area contributed by atoms with Crippen molar-refractivity contribution in [3.05, 3.63) is 65.8 Å². The third-order valence-corrected chi connectivity index (χ3v) is 3.03. The number of hydrogen-bond donors (Lipinski definition) is 3. The van der Waals surface area contributed by atoms with Gasteiger partial charge < -0.3 is 5.11 Å². The van der Waals surface area contributed by atoms with E-state index in [4.69, 9.17) is 0 Å². The minimum Gasteiger partial charge on any atom is -0.506 e. The lowest BCUT2D eigenvalue weighted by molar-refractivity contribution is 0.103. The van der Waals surface area contributed by atoms with Crippen molar-refractivity contribution in [1.29, 1.82) is 0 Å². The number of aliphatic hydroxyl groups excluding tert-OH is 1. The SMILES string of the molecule is O=C(C=C(O)c1[nH]ncc1Cc1ccncc1)c1ncn[nH]1. The number of H-pyrrole nitrogens is 2. The third-order valence-electron chi connectivity index (χ3n) is 3.03. The maximum absolute atomic E-state index is 11.9. The largest absolute Gasteiger partial charge is 0.506 e. The number of nitrogens with zero attached hydrogens (tertiary/aromatic N) is 4. The van der Waals surface area contributed by atoms with Gasteiger partial charge in [0.15, 0.2) is 5.82 Å². The molecule has 3 aromatic heterocycles. The molecule has 0 saturated carbocycles. The summed E-state index contributed by atoms with van der Waals surface area (Å²) in [5.41, 5.74) is 2.18. The molecule has 0 atom stereocenters. The standard InChI is InChI=1S/C14H12N6O2/c21-11(6-12(22)14-16-8-18-20-14)13-10(7-17-19-13)5-9-1-3-15-4-2-9/h1-4,6-8,21H,5H2,(H,17,19)(H,16,18,20). The van der Waals surface area contributed by atoms with Gasteiger partial charge in [-0.25, -0.2) is 4.98 Å². The number of pyridine rings is 1. The van der Waals surface area contributed by atoms with Gasteiger partial charge in [-0.3, -0.25) is 20.0 Å². The van der Waals surface area contributed by atoms with Crippen LogP contribution in [-0.2, 0) is 6.42 Å². The minimum absolute atomic E-state index is 0.0572. The summed E-state index contributed by atoms with van der Waals surface area (Å²) in [6, 6.07) is 3.74. The van der Waals surface area contributed by atoms with E-state index in [1.807, 2.05) is 12.1 Å². The summed E-state index contributed by atoms with van der Waals surface area (Å²) in [5, 5.41) is 22.8. The normalized spacial score (nSPS) is 11.5. The van der Waals surface area contributed by atoms with Crippen LogP contribution in [0.2, 0.25) is 0 Å². The van der Waals surface area contributed by atoms with E-state index < -0.39 is 5.78 Å². The molecule has 0 amide bonds. The molecule has 0 aliphatic rings. The highest BCUT2D eigenvalue weighted by atomic mass is 16.3. The van der Waals surface area contributed by atoms with Crippen LogP contribution in [-0.4, -0.2) is 41.3 Å². The fourth-order valence-corrected chi connectivity index (χ4v) is 1.98. The van der Waals surface area contributed by atoms with Crippen LogP contribution in [0.5, 0.6) is 0 Å². The molecule has 0 spiro atoms. The first-order chi connectivity index (χ1) is 10.7. The first kappa shape index (κ1) is 13.7. The summed E-state index contributed by atoms with van der Waals surface area (Å²) in [6.45, 7) is 0. The van der Waals surface area contributed by atoms with E-state index in [1.165, 1.54) is 6.33 Å². The average Bonchev–Trinajstić information content (AvgIpc) is 3.19. The van der Waals surface area contributed by atoms with Crippen LogP contribution in [0, 0.1) is 0 Å². The van der Waals surface area contributed by atoms with E-state index in [-0.39, 0.29) is 11.6 Å². The fraction of sp³-hybridized carbons (Fsp3) is 0.0714. The number of hydrogen-bond acceptors (Lipinski definition) is 6. The molecular formula is C14H12N6O2. The Hall–Kier alpha value is -3.29. The molecule has 0 radical (unpaired) electrons. The molecule has 0 aliphatic carbocycles. The Balaban J connectivity index is 1.83. The molecule has 3 heterocycles. The van der Waals surface area contributed by atoms with Gasteiger partial charge in [0, 0.05) is 30.5 Å². The number of nitrogens with one attached hydrogen (secondary N) is 2. The molecule has 3 rings (SSSR count). The van der Waals surface area contributed by atoms with Crippen LogP contribution in [0.3, 0.4) is 0 Å². The molecule has 0 bridgehead atoms. The Labute approximate surface area is 125 Å². The van der Waals surface area contributed by atoms with Gasteiger partial charge in [-0.1, -0.05) is 0 Å². The van der Waals surface area contributed by atoms with Crippen molar-refractivity contribution < 1.29 is 9.90 Å². The molecule has 0 aliphatic heterocycles. The molecule has 0 saturated heterocycles. The van der Waals surface area contributed by atoms with E-state index in [0.717, 1.165) is 17.2 Å². The second kappa shape index (κ2) is 6.00. The van der Waals surface area contributed by atoms with Gasteiger partial charge in [-0.2, -0.15) is 10.2 Å². The molecular weight excluding hydrogens is 284 g/mol. The van der Waals surface area contributed by atoms with Gasteiger partial charge in [0.1, 0.15) is 17.8 Å². The van der Waals surface area contributed by atoms with E-state index in [0.29, 0.717) is 12.1 Å². The Kier molecular flexibility index (Phi) is 3.73. The zero-order valence-electron chi connectivity index (χ0n) is 11.4. The summed E-state index contributed by atoms with van der Waals surface area (Å²) in [5.74, 6) is -0.621. The fourth-order valence-electron chi connectivity index (χ4n) is 1.98. The number of aromatic amines is 2. The van der Waals surface area contributed by atoms with Crippen molar-refractivity contribution in [3.63, 3.8) is 0 Å². The predicted molar refractivity (Wildman–Crippen MR) is 76.9 cm³/mol. The van der Waals surface area contributed by atoms with Crippen molar-refractivity contribution in [1.82, 2.24) is 30.4 Å². The smallest absolute Gasteiger partial charge is 0.226 e. The van der Waals surface area contributed by atoms with Crippen LogP contribution in [0.1, 0.15) is 27.4 Å². The van der Waals surface area contributed by atoms with E-state index in [2.05, 4.69) is 30.4 Å². The molecule has 0 unspecified atom stereocenters. The Morgan fingerprint density at radius 1 is 1.23 bits per heavy atom. The summed E-state index contributed by atoms with van der Waals surface area (Å²) < 4.78 is 0. The lowest BCUT2D eigenvalue weighted by Crippen LogP contribution is -2.01. The summed E-state index contributed by atoms with van der Waals surface area (Å²) >= 11 is 0. The maximum Gasteiger partial charge on any atom is 0.226 e. The summed E-state index contributed by atoms with van der Waals surface area (Å²) in [7, 11) is 0. The van der Waals surface area contributed by atoms with Crippen LogP contribution < -0.4 is 0 Å². The van der Waals surface area contributed by atoms with Crippen molar-refractivity contribution in [2.45, 2.75) is 6.42 Å². The first-order valence-electron chi connectivity index (χ1n) is 6.46. The summed E-state index contributed by atoms with van der Waals surface area (Å²) in [6.07, 6.45) is 7.85. The van der Waals surface area contributed by atoms with Gasteiger partial charge in [0.05, 0.1) is 6.20 Å². The molecule has 0 aromatic carbocycles. The van der Waals surface area contributed by atoms with Crippen LogP contribution in [0.15, 0.2) is 43.1 Å². The second-order valence-corrected chi connectivity index (χ2v) is 4.53. The minimum atomic E-state index is -0.473. The molecule has 3 N–H and O–H groups in total. The average molecular weight is 296 g/mol. The Morgan fingerprint density at radius 3 is 2.77 bits per heavy atom. The summed E-state index contributed by atoms with van der Waals surface area (Å²) in [4.78, 5) is 19.6. The lowest BCUT2D eigenvalue weighted by atomic mass is 10.1. The quantitative estimate of drug-likeness (QED) is 0.371.